The van der Waals surface area contributed by atoms with Crippen molar-refractivity contribution in [2.24, 2.45) is 0 Å². The van der Waals surface area contributed by atoms with Gasteiger partial charge < -0.3 is 10.1 Å². The van der Waals surface area contributed by atoms with E-state index in [1.54, 1.807) is 15.9 Å². The van der Waals surface area contributed by atoms with Crippen LogP contribution in [0.2, 0.25) is 0 Å². The Morgan fingerprint density at radius 1 is 1.10 bits per heavy atom. The Morgan fingerprint density at radius 3 is 2.90 bits per heavy atom. The highest BCUT2D eigenvalue weighted by Crippen LogP contribution is 2.21. The molecule has 0 amide bonds. The number of aromatic nitrogens is 4. The van der Waals surface area contributed by atoms with Crippen LogP contribution in [0.4, 0.5) is 5.82 Å². The summed E-state index contributed by atoms with van der Waals surface area (Å²) in [6.07, 6.45) is 1.17. The van der Waals surface area contributed by atoms with Gasteiger partial charge in [0, 0.05) is 43.7 Å². The molecule has 30 heavy (non-hydrogen) atoms. The lowest BCUT2D eigenvalue weighted by Gasteiger charge is -2.24. The van der Waals surface area contributed by atoms with Gasteiger partial charge in [-0.25, -0.2) is 0 Å². The molecule has 1 unspecified atom stereocenters. The highest BCUT2D eigenvalue weighted by atomic mass is 32.1. The van der Waals surface area contributed by atoms with Gasteiger partial charge in [-0.05, 0) is 35.6 Å². The Hall–Kier alpha value is -2.81. The molecule has 1 saturated heterocycles. The highest BCUT2D eigenvalue weighted by molar-refractivity contribution is 7.08. The fourth-order valence-corrected chi connectivity index (χ4v) is 4.39. The minimum Gasteiger partial charge on any atom is -0.375 e. The summed E-state index contributed by atoms with van der Waals surface area (Å²) in [5.74, 6) is 1.55. The van der Waals surface area contributed by atoms with E-state index in [-0.39, 0.29) is 6.10 Å². The first-order valence-electron chi connectivity index (χ1n) is 10.2. The van der Waals surface area contributed by atoms with Crippen molar-refractivity contribution in [2.75, 3.05) is 31.6 Å². The first kappa shape index (κ1) is 19.2. The number of ether oxygens (including phenoxy) is 1. The molecule has 0 radical (unpaired) electrons. The Kier molecular flexibility index (Phi) is 5.69. The molecule has 1 aliphatic rings. The fraction of sp³-hybridized carbons (Fsp3) is 0.318. The van der Waals surface area contributed by atoms with Gasteiger partial charge in [0.05, 0.1) is 6.10 Å². The van der Waals surface area contributed by atoms with E-state index in [0.29, 0.717) is 6.54 Å². The van der Waals surface area contributed by atoms with Crippen molar-refractivity contribution < 1.29 is 4.74 Å². The monoisotopic (exact) mass is 420 g/mol. The molecular weight excluding hydrogens is 396 g/mol. The smallest absolute Gasteiger partial charge is 0.186 e. The molecule has 3 aromatic heterocycles. The zero-order chi connectivity index (χ0) is 20.2. The fourth-order valence-electron chi connectivity index (χ4n) is 3.75. The second-order valence-corrected chi connectivity index (χ2v) is 8.25. The quantitative estimate of drug-likeness (QED) is 0.515. The molecule has 0 aliphatic carbocycles. The molecule has 154 valence electrons. The standard InChI is InChI=1S/C22H24N6OS/c1-2-5-17(6-3-1)14-27-10-4-11-29-19(15-27)13-23-20-7-8-21-24-25-22(28(21)26-20)18-9-12-30-16-18/h1-3,5-9,12,16,19H,4,10-11,13-15H2,(H,23,26). The minimum atomic E-state index is 0.117. The number of hydrogen-bond acceptors (Lipinski definition) is 7. The molecule has 0 saturated carbocycles. The Balaban J connectivity index is 1.25. The number of anilines is 1. The third-order valence-electron chi connectivity index (χ3n) is 5.24. The lowest BCUT2D eigenvalue weighted by Crippen LogP contribution is -2.35. The summed E-state index contributed by atoms with van der Waals surface area (Å²) in [6.45, 7) is 4.41. The zero-order valence-electron chi connectivity index (χ0n) is 16.6. The number of nitrogens with one attached hydrogen (secondary N) is 1. The third-order valence-corrected chi connectivity index (χ3v) is 5.92. The van der Waals surface area contributed by atoms with Crippen LogP contribution in [0.15, 0.2) is 59.3 Å². The lowest BCUT2D eigenvalue weighted by molar-refractivity contribution is 0.0624. The Morgan fingerprint density at radius 2 is 2.03 bits per heavy atom. The number of nitrogens with zero attached hydrogens (tertiary/aromatic N) is 5. The number of benzene rings is 1. The lowest BCUT2D eigenvalue weighted by atomic mass is 10.2. The number of rotatable bonds is 6. The van der Waals surface area contributed by atoms with Gasteiger partial charge in [-0.15, -0.1) is 15.3 Å². The van der Waals surface area contributed by atoms with Crippen molar-refractivity contribution >= 4 is 22.8 Å². The van der Waals surface area contributed by atoms with E-state index in [1.807, 2.05) is 23.6 Å². The maximum Gasteiger partial charge on any atom is 0.186 e. The van der Waals surface area contributed by atoms with Gasteiger partial charge in [0.15, 0.2) is 11.5 Å². The van der Waals surface area contributed by atoms with Crippen molar-refractivity contribution in [2.45, 2.75) is 19.1 Å². The largest absolute Gasteiger partial charge is 0.375 e. The van der Waals surface area contributed by atoms with Crippen molar-refractivity contribution in [1.29, 1.82) is 0 Å². The topological polar surface area (TPSA) is 67.6 Å². The number of thiophene rings is 1. The first-order valence-corrected chi connectivity index (χ1v) is 11.2. The SMILES string of the molecule is c1ccc(CN2CCCOC(CNc3ccc4nnc(-c5ccsc5)n4n3)C2)cc1. The van der Waals surface area contributed by atoms with Crippen LogP contribution in [0.5, 0.6) is 0 Å². The molecule has 8 heteroatoms. The van der Waals surface area contributed by atoms with E-state index in [4.69, 9.17) is 9.84 Å². The molecule has 4 heterocycles. The number of fused-ring (bicyclic) bond motifs is 1. The first-order chi connectivity index (χ1) is 14.8. The van der Waals surface area contributed by atoms with E-state index in [9.17, 15) is 0 Å². The molecule has 1 atom stereocenters. The predicted molar refractivity (Wildman–Crippen MR) is 119 cm³/mol. The van der Waals surface area contributed by atoms with Crippen LogP contribution in [-0.4, -0.2) is 57.1 Å². The van der Waals surface area contributed by atoms with Crippen molar-refractivity contribution in [3.8, 4) is 11.4 Å². The second-order valence-electron chi connectivity index (χ2n) is 7.47. The van der Waals surface area contributed by atoms with Gasteiger partial charge in [0.1, 0.15) is 5.82 Å². The van der Waals surface area contributed by atoms with Crippen LogP contribution >= 0.6 is 11.3 Å². The molecule has 1 aromatic carbocycles. The minimum absolute atomic E-state index is 0.117. The maximum atomic E-state index is 6.09. The molecule has 1 N–H and O–H groups in total. The van der Waals surface area contributed by atoms with Crippen LogP contribution in [0.3, 0.4) is 0 Å². The van der Waals surface area contributed by atoms with E-state index in [2.05, 4.69) is 56.1 Å². The van der Waals surface area contributed by atoms with Crippen LogP contribution in [0.25, 0.3) is 17.0 Å². The Bertz CT molecular complexity index is 1080. The van der Waals surface area contributed by atoms with E-state index < -0.39 is 0 Å². The van der Waals surface area contributed by atoms with Gasteiger partial charge in [-0.1, -0.05) is 30.3 Å². The summed E-state index contributed by atoms with van der Waals surface area (Å²) in [5.41, 5.74) is 3.11. The highest BCUT2D eigenvalue weighted by Gasteiger charge is 2.19. The summed E-state index contributed by atoms with van der Waals surface area (Å²) in [6, 6.07) is 16.5. The van der Waals surface area contributed by atoms with Gasteiger partial charge >= 0.3 is 0 Å². The van der Waals surface area contributed by atoms with Crippen LogP contribution in [0, 0.1) is 0 Å². The molecular formula is C22H24N6OS. The summed E-state index contributed by atoms with van der Waals surface area (Å²) >= 11 is 1.64. The molecule has 0 spiro atoms. The molecule has 7 nitrogen and oxygen atoms in total. The average molecular weight is 421 g/mol. The van der Waals surface area contributed by atoms with E-state index >= 15 is 0 Å². The van der Waals surface area contributed by atoms with Gasteiger partial charge in [0.25, 0.3) is 0 Å². The van der Waals surface area contributed by atoms with E-state index in [1.165, 1.54) is 5.56 Å². The van der Waals surface area contributed by atoms with Gasteiger partial charge in [0.2, 0.25) is 0 Å². The second kappa shape index (κ2) is 8.91. The zero-order valence-corrected chi connectivity index (χ0v) is 17.5. The van der Waals surface area contributed by atoms with Gasteiger partial charge in [-0.3, -0.25) is 4.90 Å². The predicted octanol–water partition coefficient (Wildman–Crippen LogP) is 3.56. The van der Waals surface area contributed by atoms with Crippen LogP contribution in [-0.2, 0) is 11.3 Å². The summed E-state index contributed by atoms with van der Waals surface area (Å²) in [5, 5.41) is 20.7. The van der Waals surface area contributed by atoms with E-state index in [0.717, 1.165) is 55.5 Å². The summed E-state index contributed by atoms with van der Waals surface area (Å²) in [7, 11) is 0. The molecule has 1 fully saturated rings. The van der Waals surface area contributed by atoms with Crippen LogP contribution in [0.1, 0.15) is 12.0 Å². The maximum absolute atomic E-state index is 6.09. The summed E-state index contributed by atoms with van der Waals surface area (Å²) in [4.78, 5) is 2.47. The number of hydrogen-bond donors (Lipinski definition) is 1. The van der Waals surface area contributed by atoms with Crippen molar-refractivity contribution in [3.05, 3.63) is 64.9 Å². The average Bonchev–Trinajstić information content (AvgIpc) is 3.39. The molecule has 5 rings (SSSR count). The van der Waals surface area contributed by atoms with Crippen molar-refractivity contribution in [3.63, 3.8) is 0 Å². The molecule has 0 bridgehead atoms. The van der Waals surface area contributed by atoms with Crippen LogP contribution < -0.4 is 5.32 Å². The Labute approximate surface area is 179 Å². The molecule has 4 aromatic rings. The van der Waals surface area contributed by atoms with Gasteiger partial charge in [-0.2, -0.15) is 15.9 Å². The van der Waals surface area contributed by atoms with Crippen molar-refractivity contribution in [1.82, 2.24) is 24.7 Å². The summed E-state index contributed by atoms with van der Waals surface area (Å²) < 4.78 is 7.88. The normalized spacial score (nSPS) is 17.8. The third kappa shape index (κ3) is 4.35. The molecule has 1 aliphatic heterocycles.